The highest BCUT2D eigenvalue weighted by atomic mass is 79.9. The molecule has 0 saturated heterocycles. The minimum Gasteiger partial charge on any atom is -0.484 e. The molecule has 0 amide bonds. The maximum Gasteiger partial charge on any atom is 0.157 e. The van der Waals surface area contributed by atoms with E-state index in [4.69, 9.17) is 4.74 Å². The van der Waals surface area contributed by atoms with E-state index in [0.29, 0.717) is 12.6 Å². The monoisotopic (exact) mass is 334 g/mol. The second kappa shape index (κ2) is 5.28. The largest absolute Gasteiger partial charge is 0.484 e. The van der Waals surface area contributed by atoms with Gasteiger partial charge in [-0.05, 0) is 41.9 Å². The van der Waals surface area contributed by atoms with Crippen molar-refractivity contribution in [2.45, 2.75) is 26.5 Å². The average Bonchev–Trinajstić information content (AvgIpc) is 3.03. The molecule has 0 fully saturated rings. The fourth-order valence-electron chi connectivity index (χ4n) is 1.93. The molecular weight excluding hydrogens is 320 g/mol. The van der Waals surface area contributed by atoms with Gasteiger partial charge >= 0.3 is 0 Å². The van der Waals surface area contributed by atoms with E-state index in [1.165, 1.54) is 0 Å². The molecular formula is C14H15BrN4O. The standard InChI is InChI=1S/C14H15BrN4O/c1-10(2)19-8-12(6-16-19)20-9-11-7-18-5-3-4-13(15)14(18)17-11/h3-8,10H,9H2,1-2H3. The summed E-state index contributed by atoms with van der Waals surface area (Å²) in [7, 11) is 0. The fourth-order valence-corrected chi connectivity index (χ4v) is 2.38. The molecule has 3 rings (SSSR count). The predicted molar refractivity (Wildman–Crippen MR) is 79.8 cm³/mol. The molecule has 0 radical (unpaired) electrons. The SMILES string of the molecule is CC(C)n1cc(OCc2cn3cccc(Br)c3n2)cn1. The van der Waals surface area contributed by atoms with Crippen molar-refractivity contribution in [1.82, 2.24) is 19.2 Å². The van der Waals surface area contributed by atoms with Crippen LogP contribution in [0.4, 0.5) is 0 Å². The van der Waals surface area contributed by atoms with Crippen LogP contribution in [-0.4, -0.2) is 19.2 Å². The Morgan fingerprint density at radius 3 is 2.90 bits per heavy atom. The van der Waals surface area contributed by atoms with Gasteiger partial charge in [-0.3, -0.25) is 4.68 Å². The summed E-state index contributed by atoms with van der Waals surface area (Å²) < 4.78 is 10.5. The lowest BCUT2D eigenvalue weighted by molar-refractivity contribution is 0.301. The molecule has 0 saturated carbocycles. The van der Waals surface area contributed by atoms with Gasteiger partial charge < -0.3 is 9.14 Å². The molecule has 3 aromatic heterocycles. The number of pyridine rings is 1. The predicted octanol–water partition coefficient (Wildman–Crippen LogP) is 3.45. The van der Waals surface area contributed by atoms with Gasteiger partial charge in [-0.2, -0.15) is 5.10 Å². The van der Waals surface area contributed by atoms with Gasteiger partial charge in [0.25, 0.3) is 0 Å². The van der Waals surface area contributed by atoms with Crippen molar-refractivity contribution < 1.29 is 4.74 Å². The van der Waals surface area contributed by atoms with Gasteiger partial charge in [-0.15, -0.1) is 0 Å². The van der Waals surface area contributed by atoms with E-state index in [0.717, 1.165) is 21.6 Å². The van der Waals surface area contributed by atoms with Crippen molar-refractivity contribution in [2.24, 2.45) is 0 Å². The highest BCUT2D eigenvalue weighted by Crippen LogP contribution is 2.18. The molecule has 6 heteroatoms. The number of rotatable bonds is 4. The third kappa shape index (κ3) is 2.56. The van der Waals surface area contributed by atoms with E-state index in [2.05, 4.69) is 39.9 Å². The van der Waals surface area contributed by atoms with Crippen molar-refractivity contribution >= 4 is 21.6 Å². The van der Waals surface area contributed by atoms with Crippen LogP contribution in [0.2, 0.25) is 0 Å². The maximum atomic E-state index is 5.72. The summed E-state index contributed by atoms with van der Waals surface area (Å²) >= 11 is 3.49. The lowest BCUT2D eigenvalue weighted by Crippen LogP contribution is -2.00. The van der Waals surface area contributed by atoms with E-state index in [9.17, 15) is 0 Å². The van der Waals surface area contributed by atoms with Crippen LogP contribution in [0.25, 0.3) is 5.65 Å². The highest BCUT2D eigenvalue weighted by molar-refractivity contribution is 9.10. The number of fused-ring (bicyclic) bond motifs is 1. The van der Waals surface area contributed by atoms with Gasteiger partial charge in [0.05, 0.1) is 22.6 Å². The van der Waals surface area contributed by atoms with Crippen LogP contribution >= 0.6 is 15.9 Å². The molecule has 3 heterocycles. The highest BCUT2D eigenvalue weighted by Gasteiger charge is 2.07. The van der Waals surface area contributed by atoms with Crippen LogP contribution in [0.5, 0.6) is 5.75 Å². The van der Waals surface area contributed by atoms with Crippen LogP contribution in [0.3, 0.4) is 0 Å². The number of hydrogen-bond donors (Lipinski definition) is 0. The van der Waals surface area contributed by atoms with E-state index < -0.39 is 0 Å². The van der Waals surface area contributed by atoms with Crippen LogP contribution in [0.15, 0.2) is 41.4 Å². The minimum absolute atomic E-state index is 0.332. The molecule has 0 N–H and O–H groups in total. The van der Waals surface area contributed by atoms with Gasteiger partial charge in [0, 0.05) is 18.4 Å². The third-order valence-electron chi connectivity index (χ3n) is 2.98. The molecule has 0 aliphatic carbocycles. The molecule has 0 aliphatic rings. The summed E-state index contributed by atoms with van der Waals surface area (Å²) in [6, 6.07) is 4.27. The topological polar surface area (TPSA) is 44.4 Å². The summed E-state index contributed by atoms with van der Waals surface area (Å²) in [6.45, 7) is 4.59. The van der Waals surface area contributed by atoms with Crippen LogP contribution < -0.4 is 4.74 Å². The first-order valence-electron chi connectivity index (χ1n) is 6.42. The summed E-state index contributed by atoms with van der Waals surface area (Å²) in [5.41, 5.74) is 1.78. The molecule has 0 aliphatic heterocycles. The molecule has 20 heavy (non-hydrogen) atoms. The van der Waals surface area contributed by atoms with Gasteiger partial charge in [0.15, 0.2) is 11.4 Å². The Labute approximate surface area is 125 Å². The molecule has 0 unspecified atom stereocenters. The van der Waals surface area contributed by atoms with Crippen molar-refractivity contribution in [2.75, 3.05) is 0 Å². The summed E-state index contributed by atoms with van der Waals surface area (Å²) in [5, 5.41) is 4.24. The molecule has 0 spiro atoms. The second-order valence-corrected chi connectivity index (χ2v) is 5.71. The number of nitrogens with zero attached hydrogens (tertiary/aromatic N) is 4. The number of hydrogen-bond acceptors (Lipinski definition) is 3. The Morgan fingerprint density at radius 1 is 1.35 bits per heavy atom. The first-order chi connectivity index (χ1) is 9.63. The van der Waals surface area contributed by atoms with Crippen LogP contribution in [0, 0.1) is 0 Å². The fraction of sp³-hybridized carbons (Fsp3) is 0.286. The summed E-state index contributed by atoms with van der Waals surface area (Å²) in [6.07, 6.45) is 7.56. The van der Waals surface area contributed by atoms with Crippen molar-refractivity contribution in [3.8, 4) is 5.75 Å². The zero-order valence-electron chi connectivity index (χ0n) is 11.3. The number of ether oxygens (including phenoxy) is 1. The van der Waals surface area contributed by atoms with Crippen LogP contribution in [0.1, 0.15) is 25.6 Å². The van der Waals surface area contributed by atoms with E-state index in [1.54, 1.807) is 6.20 Å². The Kier molecular flexibility index (Phi) is 3.48. The second-order valence-electron chi connectivity index (χ2n) is 4.86. The van der Waals surface area contributed by atoms with Crippen molar-refractivity contribution in [1.29, 1.82) is 0 Å². The number of halogens is 1. The zero-order chi connectivity index (χ0) is 14.1. The minimum atomic E-state index is 0.332. The first-order valence-corrected chi connectivity index (χ1v) is 7.22. The Bertz CT molecular complexity index is 732. The number of imidazole rings is 1. The third-order valence-corrected chi connectivity index (χ3v) is 3.60. The van der Waals surface area contributed by atoms with Gasteiger partial charge in [0.1, 0.15) is 6.61 Å². The smallest absolute Gasteiger partial charge is 0.157 e. The molecule has 104 valence electrons. The first kappa shape index (κ1) is 13.2. The lowest BCUT2D eigenvalue weighted by Gasteiger charge is -2.03. The number of aromatic nitrogens is 4. The molecule has 0 aromatic carbocycles. The molecule has 0 atom stereocenters. The van der Waals surface area contributed by atoms with Crippen LogP contribution in [-0.2, 0) is 6.61 Å². The van der Waals surface area contributed by atoms with Gasteiger partial charge in [-0.25, -0.2) is 4.98 Å². The molecule has 0 bridgehead atoms. The Balaban J connectivity index is 1.74. The lowest BCUT2D eigenvalue weighted by atomic mass is 10.4. The summed E-state index contributed by atoms with van der Waals surface area (Å²) in [4.78, 5) is 4.53. The van der Waals surface area contributed by atoms with E-state index in [-0.39, 0.29) is 0 Å². The Morgan fingerprint density at radius 2 is 2.20 bits per heavy atom. The average molecular weight is 335 g/mol. The maximum absolute atomic E-state index is 5.72. The molecule has 3 aromatic rings. The zero-order valence-corrected chi connectivity index (χ0v) is 12.9. The van der Waals surface area contributed by atoms with Crippen molar-refractivity contribution in [3.05, 3.63) is 47.1 Å². The Hall–Kier alpha value is -1.82. The van der Waals surface area contributed by atoms with Gasteiger partial charge in [-0.1, -0.05) is 0 Å². The molecule has 5 nitrogen and oxygen atoms in total. The van der Waals surface area contributed by atoms with E-state index in [1.807, 2.05) is 39.8 Å². The quantitative estimate of drug-likeness (QED) is 0.733. The summed E-state index contributed by atoms with van der Waals surface area (Å²) in [5.74, 6) is 0.759. The van der Waals surface area contributed by atoms with Crippen molar-refractivity contribution in [3.63, 3.8) is 0 Å². The van der Waals surface area contributed by atoms with Gasteiger partial charge in [0.2, 0.25) is 0 Å². The van der Waals surface area contributed by atoms with E-state index >= 15 is 0 Å². The normalized spacial score (nSPS) is 11.4.